The molecule has 1 aromatic carbocycles. The van der Waals surface area contributed by atoms with Crippen LogP contribution in [0.5, 0.6) is 0 Å². The molecule has 1 atom stereocenters. The third-order valence-corrected chi connectivity index (χ3v) is 3.68. The van der Waals surface area contributed by atoms with Gasteiger partial charge in [-0.3, -0.25) is 4.79 Å². The molecule has 0 aliphatic carbocycles. The highest BCUT2D eigenvalue weighted by Gasteiger charge is 2.18. The molecule has 0 spiro atoms. The molecule has 1 N–H and O–H groups in total. The Balaban J connectivity index is 2.05. The monoisotopic (exact) mass is 232 g/mol. The number of carbonyl (C=O) groups excluding carboxylic acids is 1. The zero-order valence-electron chi connectivity index (χ0n) is 8.77. The maximum Gasteiger partial charge on any atom is 0.251 e. The van der Waals surface area contributed by atoms with Crippen LogP contribution in [0.15, 0.2) is 24.3 Å². The summed E-state index contributed by atoms with van der Waals surface area (Å²) in [5, 5.41) is 11.7. The van der Waals surface area contributed by atoms with Crippen molar-refractivity contribution in [2.24, 2.45) is 0 Å². The van der Waals surface area contributed by atoms with Crippen LogP contribution >= 0.6 is 11.8 Å². The van der Waals surface area contributed by atoms with E-state index in [1.54, 1.807) is 24.3 Å². The highest BCUT2D eigenvalue weighted by atomic mass is 32.2. The third kappa shape index (κ3) is 2.56. The van der Waals surface area contributed by atoms with Crippen molar-refractivity contribution < 1.29 is 4.79 Å². The summed E-state index contributed by atoms with van der Waals surface area (Å²) < 4.78 is 0. The summed E-state index contributed by atoms with van der Waals surface area (Å²) in [4.78, 5) is 11.8. The second-order valence-electron chi connectivity index (χ2n) is 3.73. The smallest absolute Gasteiger partial charge is 0.251 e. The summed E-state index contributed by atoms with van der Waals surface area (Å²) >= 11 is 1.86. The van der Waals surface area contributed by atoms with Crippen LogP contribution in [0.2, 0.25) is 0 Å². The van der Waals surface area contributed by atoms with E-state index in [0.717, 1.165) is 17.9 Å². The Labute approximate surface area is 98.8 Å². The van der Waals surface area contributed by atoms with Gasteiger partial charge >= 0.3 is 0 Å². The summed E-state index contributed by atoms with van der Waals surface area (Å²) in [5.41, 5.74) is 1.09. The van der Waals surface area contributed by atoms with Crippen LogP contribution in [-0.4, -0.2) is 23.5 Å². The summed E-state index contributed by atoms with van der Waals surface area (Å²) in [6, 6.07) is 9.10. The lowest BCUT2D eigenvalue weighted by Crippen LogP contribution is -2.34. The van der Waals surface area contributed by atoms with Gasteiger partial charge in [-0.2, -0.15) is 17.0 Å². The lowest BCUT2D eigenvalue weighted by Gasteiger charge is -2.11. The Kier molecular flexibility index (Phi) is 3.47. The van der Waals surface area contributed by atoms with Crippen LogP contribution in [0, 0.1) is 11.3 Å². The van der Waals surface area contributed by atoms with Gasteiger partial charge in [0, 0.05) is 17.4 Å². The van der Waals surface area contributed by atoms with E-state index in [2.05, 4.69) is 5.32 Å². The largest absolute Gasteiger partial charge is 0.348 e. The molecule has 16 heavy (non-hydrogen) atoms. The average molecular weight is 232 g/mol. The molecule has 0 radical (unpaired) electrons. The average Bonchev–Trinajstić information content (AvgIpc) is 2.82. The van der Waals surface area contributed by atoms with E-state index < -0.39 is 0 Å². The van der Waals surface area contributed by atoms with Crippen molar-refractivity contribution in [3.8, 4) is 6.07 Å². The predicted molar refractivity (Wildman–Crippen MR) is 64.4 cm³/mol. The number of rotatable bonds is 2. The first kappa shape index (κ1) is 11.0. The Morgan fingerprint density at radius 3 is 3.12 bits per heavy atom. The fourth-order valence-corrected chi connectivity index (χ4v) is 2.80. The zero-order chi connectivity index (χ0) is 11.4. The third-order valence-electron chi connectivity index (χ3n) is 2.52. The molecule has 82 valence electrons. The first-order valence-corrected chi connectivity index (χ1v) is 6.34. The van der Waals surface area contributed by atoms with Crippen molar-refractivity contribution in [3.63, 3.8) is 0 Å². The van der Waals surface area contributed by atoms with E-state index in [9.17, 15) is 4.79 Å². The SMILES string of the molecule is N#Cc1cccc(C(=O)NC2CCSC2)c1. The molecule has 1 saturated heterocycles. The maximum absolute atomic E-state index is 11.8. The van der Waals surface area contributed by atoms with Gasteiger partial charge in [-0.1, -0.05) is 6.07 Å². The van der Waals surface area contributed by atoms with Gasteiger partial charge in [-0.05, 0) is 30.4 Å². The van der Waals surface area contributed by atoms with Crippen molar-refractivity contribution in [1.82, 2.24) is 5.32 Å². The lowest BCUT2D eigenvalue weighted by atomic mass is 10.1. The van der Waals surface area contributed by atoms with Crippen LogP contribution < -0.4 is 5.32 Å². The zero-order valence-corrected chi connectivity index (χ0v) is 9.59. The van der Waals surface area contributed by atoms with Gasteiger partial charge in [0.1, 0.15) is 0 Å². The van der Waals surface area contributed by atoms with Gasteiger partial charge in [-0.25, -0.2) is 0 Å². The van der Waals surface area contributed by atoms with E-state index in [1.165, 1.54) is 0 Å². The van der Waals surface area contributed by atoms with Crippen LogP contribution in [0.1, 0.15) is 22.3 Å². The van der Waals surface area contributed by atoms with E-state index in [-0.39, 0.29) is 11.9 Å². The molecule has 1 unspecified atom stereocenters. The molecule has 3 nitrogen and oxygen atoms in total. The number of amides is 1. The molecular weight excluding hydrogens is 220 g/mol. The molecule has 1 aromatic rings. The minimum atomic E-state index is -0.0791. The van der Waals surface area contributed by atoms with Crippen LogP contribution in [0.4, 0.5) is 0 Å². The summed E-state index contributed by atoms with van der Waals surface area (Å²) in [6.45, 7) is 0. The van der Waals surface area contributed by atoms with Crippen molar-refractivity contribution in [1.29, 1.82) is 5.26 Å². The normalized spacial score (nSPS) is 19.1. The number of nitrogens with one attached hydrogen (secondary N) is 1. The molecule has 1 fully saturated rings. The van der Waals surface area contributed by atoms with E-state index >= 15 is 0 Å². The van der Waals surface area contributed by atoms with Gasteiger partial charge in [0.2, 0.25) is 0 Å². The summed E-state index contributed by atoms with van der Waals surface area (Å²) in [6.07, 6.45) is 1.04. The minimum absolute atomic E-state index is 0.0791. The fraction of sp³-hybridized carbons (Fsp3) is 0.333. The van der Waals surface area contributed by atoms with Crippen LogP contribution in [-0.2, 0) is 0 Å². The maximum atomic E-state index is 11.8. The highest BCUT2D eigenvalue weighted by molar-refractivity contribution is 7.99. The molecule has 2 rings (SSSR count). The fourth-order valence-electron chi connectivity index (χ4n) is 1.65. The van der Waals surface area contributed by atoms with Gasteiger partial charge in [0.05, 0.1) is 11.6 Å². The molecule has 1 aliphatic heterocycles. The van der Waals surface area contributed by atoms with Gasteiger partial charge < -0.3 is 5.32 Å². The van der Waals surface area contributed by atoms with E-state index in [4.69, 9.17) is 5.26 Å². The number of hydrogen-bond acceptors (Lipinski definition) is 3. The number of benzene rings is 1. The highest BCUT2D eigenvalue weighted by Crippen LogP contribution is 2.17. The van der Waals surface area contributed by atoms with Crippen LogP contribution in [0.25, 0.3) is 0 Å². The Bertz CT molecular complexity index is 433. The minimum Gasteiger partial charge on any atom is -0.348 e. The van der Waals surface area contributed by atoms with Crippen molar-refractivity contribution in [3.05, 3.63) is 35.4 Å². The lowest BCUT2D eigenvalue weighted by molar-refractivity contribution is 0.0941. The van der Waals surface area contributed by atoms with E-state index in [1.807, 2.05) is 17.8 Å². The molecule has 0 saturated carbocycles. The van der Waals surface area contributed by atoms with Gasteiger partial charge in [0.15, 0.2) is 0 Å². The summed E-state index contributed by atoms with van der Waals surface area (Å²) in [7, 11) is 0. The Morgan fingerprint density at radius 2 is 2.44 bits per heavy atom. The first-order chi connectivity index (χ1) is 7.79. The molecular formula is C12H12N2OS. The second-order valence-corrected chi connectivity index (χ2v) is 4.88. The number of thioether (sulfide) groups is 1. The number of nitriles is 1. The number of nitrogens with zero attached hydrogens (tertiary/aromatic N) is 1. The summed E-state index contributed by atoms with van der Waals surface area (Å²) in [5.74, 6) is 2.02. The quantitative estimate of drug-likeness (QED) is 0.845. The molecule has 4 heteroatoms. The van der Waals surface area contributed by atoms with E-state index in [0.29, 0.717) is 11.1 Å². The van der Waals surface area contributed by atoms with Gasteiger partial charge in [0.25, 0.3) is 5.91 Å². The van der Waals surface area contributed by atoms with Crippen molar-refractivity contribution in [2.45, 2.75) is 12.5 Å². The predicted octanol–water partition coefficient (Wildman–Crippen LogP) is 1.79. The molecule has 1 heterocycles. The van der Waals surface area contributed by atoms with Crippen LogP contribution in [0.3, 0.4) is 0 Å². The Morgan fingerprint density at radius 1 is 1.56 bits per heavy atom. The van der Waals surface area contributed by atoms with Gasteiger partial charge in [-0.15, -0.1) is 0 Å². The number of carbonyl (C=O) groups is 1. The molecule has 1 aliphatic rings. The first-order valence-electron chi connectivity index (χ1n) is 5.18. The Hall–Kier alpha value is -1.47. The van der Waals surface area contributed by atoms with Crippen molar-refractivity contribution >= 4 is 17.7 Å². The topological polar surface area (TPSA) is 52.9 Å². The molecule has 0 bridgehead atoms. The molecule has 1 amide bonds. The number of hydrogen-bond donors (Lipinski definition) is 1. The van der Waals surface area contributed by atoms with Crippen molar-refractivity contribution in [2.75, 3.05) is 11.5 Å². The standard InChI is InChI=1S/C12H12N2OS/c13-7-9-2-1-3-10(6-9)12(15)14-11-4-5-16-8-11/h1-3,6,11H,4-5,8H2,(H,14,15). The molecule has 0 aromatic heterocycles. The second kappa shape index (κ2) is 5.04.